The molecule has 0 fully saturated rings. The van der Waals surface area contributed by atoms with E-state index in [-0.39, 0.29) is 16.4 Å². The lowest BCUT2D eigenvalue weighted by Crippen LogP contribution is -2.34. The van der Waals surface area contributed by atoms with Gasteiger partial charge in [0.15, 0.2) is 5.11 Å². The van der Waals surface area contributed by atoms with Crippen molar-refractivity contribution in [3.05, 3.63) is 87.4 Å². The zero-order chi connectivity index (χ0) is 22.0. The van der Waals surface area contributed by atoms with Crippen molar-refractivity contribution in [2.24, 2.45) is 0 Å². The maximum Gasteiger partial charge on any atom is 0.282 e. The molecule has 1 amide bonds. The van der Waals surface area contributed by atoms with Crippen LogP contribution in [-0.4, -0.2) is 20.9 Å². The van der Waals surface area contributed by atoms with E-state index >= 15 is 0 Å². The second kappa shape index (κ2) is 8.76. The van der Waals surface area contributed by atoms with E-state index in [9.17, 15) is 14.9 Å². The summed E-state index contributed by atoms with van der Waals surface area (Å²) in [5.74, 6) is -0.691. The lowest BCUT2D eigenvalue weighted by Gasteiger charge is -2.12. The zero-order valence-corrected chi connectivity index (χ0v) is 18.1. The first-order valence-corrected chi connectivity index (χ1v) is 10.5. The number of hydrogen-bond donors (Lipinski definition) is 2. The van der Waals surface area contributed by atoms with Gasteiger partial charge in [-0.05, 0) is 42.5 Å². The highest BCUT2D eigenvalue weighted by molar-refractivity contribution is 7.80. The van der Waals surface area contributed by atoms with E-state index in [1.165, 1.54) is 24.3 Å². The molecule has 4 aromatic rings. The summed E-state index contributed by atoms with van der Waals surface area (Å²) < 4.78 is 1.06. The fraction of sp³-hybridized carbons (Fsp3) is 0. The quantitative estimate of drug-likeness (QED) is 0.228. The highest BCUT2D eigenvalue weighted by Crippen LogP contribution is 2.33. The molecule has 31 heavy (non-hydrogen) atoms. The van der Waals surface area contributed by atoms with E-state index in [0.717, 1.165) is 20.8 Å². The molecule has 0 aliphatic heterocycles. The van der Waals surface area contributed by atoms with Crippen molar-refractivity contribution in [3.63, 3.8) is 0 Å². The number of anilines is 1. The normalized spacial score (nSPS) is 10.6. The van der Waals surface area contributed by atoms with Crippen LogP contribution in [0.1, 0.15) is 10.4 Å². The number of benzene rings is 3. The van der Waals surface area contributed by atoms with Gasteiger partial charge in [0, 0.05) is 11.6 Å². The van der Waals surface area contributed by atoms with Crippen LogP contribution >= 0.6 is 35.2 Å². The third-order valence-electron chi connectivity index (χ3n) is 4.33. The van der Waals surface area contributed by atoms with Crippen LogP contribution in [-0.2, 0) is 0 Å². The number of aromatic nitrogens is 1. The lowest BCUT2D eigenvalue weighted by molar-refractivity contribution is -0.385. The van der Waals surface area contributed by atoms with E-state index in [1.807, 2.05) is 30.3 Å². The summed E-state index contributed by atoms with van der Waals surface area (Å²) in [6, 6.07) is 18.8. The molecular weight excluding hydrogens is 456 g/mol. The van der Waals surface area contributed by atoms with Crippen LogP contribution in [0.25, 0.3) is 20.8 Å². The Bertz CT molecular complexity index is 1310. The van der Waals surface area contributed by atoms with Gasteiger partial charge in [0.05, 0.1) is 25.8 Å². The molecule has 0 spiro atoms. The minimum atomic E-state index is -0.691. The molecule has 154 valence electrons. The number of amides is 1. The summed E-state index contributed by atoms with van der Waals surface area (Å²) in [6.07, 6.45) is 0. The fourth-order valence-electron chi connectivity index (χ4n) is 2.90. The number of para-hydroxylation sites is 2. The number of nitrogens with zero attached hydrogens (tertiary/aromatic N) is 2. The Morgan fingerprint density at radius 3 is 2.61 bits per heavy atom. The van der Waals surface area contributed by atoms with Crippen LogP contribution in [0.3, 0.4) is 0 Å². The van der Waals surface area contributed by atoms with Gasteiger partial charge in [-0.15, -0.1) is 11.3 Å². The molecule has 0 atom stereocenters. The van der Waals surface area contributed by atoms with Crippen molar-refractivity contribution in [1.29, 1.82) is 0 Å². The first-order chi connectivity index (χ1) is 14.9. The molecule has 0 bridgehead atoms. The Morgan fingerprint density at radius 1 is 1.10 bits per heavy atom. The topological polar surface area (TPSA) is 97.2 Å². The standard InChI is InChI=1S/C21H13ClN4O3S2/c22-14-10-9-12(20-23-15-6-2-4-8-18(15)31-20)11-16(14)24-21(30)25-19(27)13-5-1-3-7-17(13)26(28)29/h1-11H,(H2,24,25,27,30). The number of fused-ring (bicyclic) bond motifs is 1. The van der Waals surface area contributed by atoms with Crippen LogP contribution in [0.15, 0.2) is 66.7 Å². The molecule has 0 saturated carbocycles. The van der Waals surface area contributed by atoms with Crippen LogP contribution < -0.4 is 10.6 Å². The molecule has 3 aromatic carbocycles. The Kier molecular flexibility index (Phi) is 5.90. The van der Waals surface area contributed by atoms with Gasteiger partial charge in [-0.25, -0.2) is 4.98 Å². The molecule has 0 saturated heterocycles. The second-order valence-electron chi connectivity index (χ2n) is 6.36. The average Bonchev–Trinajstić information content (AvgIpc) is 3.19. The van der Waals surface area contributed by atoms with Crippen molar-refractivity contribution < 1.29 is 9.72 Å². The molecular formula is C21H13ClN4O3S2. The molecule has 7 nitrogen and oxygen atoms in total. The van der Waals surface area contributed by atoms with Crippen LogP contribution in [0.5, 0.6) is 0 Å². The Balaban J connectivity index is 1.54. The number of hydrogen-bond acceptors (Lipinski definition) is 6. The minimum absolute atomic E-state index is 0.0356. The molecule has 4 rings (SSSR count). The number of carbonyl (C=O) groups excluding carboxylic acids is 1. The van der Waals surface area contributed by atoms with Gasteiger partial charge < -0.3 is 5.32 Å². The van der Waals surface area contributed by atoms with Gasteiger partial charge in [-0.3, -0.25) is 20.2 Å². The summed E-state index contributed by atoms with van der Waals surface area (Å²) in [4.78, 5) is 27.6. The van der Waals surface area contributed by atoms with Gasteiger partial charge in [0.25, 0.3) is 11.6 Å². The number of halogens is 1. The molecule has 1 aromatic heterocycles. The summed E-state index contributed by atoms with van der Waals surface area (Å²) in [5.41, 5.74) is 1.82. The average molecular weight is 469 g/mol. The Hall–Kier alpha value is -3.40. The van der Waals surface area contributed by atoms with E-state index in [2.05, 4.69) is 15.6 Å². The summed E-state index contributed by atoms with van der Waals surface area (Å²) in [6.45, 7) is 0. The van der Waals surface area contributed by atoms with Crippen molar-refractivity contribution in [1.82, 2.24) is 10.3 Å². The van der Waals surface area contributed by atoms with Crippen molar-refractivity contribution in [3.8, 4) is 10.6 Å². The number of rotatable bonds is 4. The van der Waals surface area contributed by atoms with E-state index in [4.69, 9.17) is 23.8 Å². The summed E-state index contributed by atoms with van der Waals surface area (Å²) in [7, 11) is 0. The van der Waals surface area contributed by atoms with E-state index in [1.54, 1.807) is 23.5 Å². The number of nitro benzene ring substituents is 1. The molecule has 10 heteroatoms. The maximum atomic E-state index is 12.5. The maximum absolute atomic E-state index is 12.5. The van der Waals surface area contributed by atoms with Gasteiger partial charge in [0.2, 0.25) is 0 Å². The van der Waals surface area contributed by atoms with E-state index in [0.29, 0.717) is 10.7 Å². The third-order valence-corrected chi connectivity index (χ3v) is 5.95. The molecule has 0 unspecified atom stereocenters. The van der Waals surface area contributed by atoms with Gasteiger partial charge in [-0.1, -0.05) is 41.9 Å². The molecule has 0 radical (unpaired) electrons. The van der Waals surface area contributed by atoms with Crippen molar-refractivity contribution in [2.75, 3.05) is 5.32 Å². The SMILES string of the molecule is O=C(NC(=S)Nc1cc(-c2nc3ccccc3s2)ccc1Cl)c1ccccc1[N+](=O)[O-]. The molecule has 0 aliphatic rings. The predicted octanol–water partition coefficient (Wildman–Crippen LogP) is 5.65. The van der Waals surface area contributed by atoms with Crippen molar-refractivity contribution >= 4 is 67.8 Å². The van der Waals surface area contributed by atoms with Crippen LogP contribution in [0.2, 0.25) is 5.02 Å². The van der Waals surface area contributed by atoms with Gasteiger partial charge in [0.1, 0.15) is 10.6 Å². The third kappa shape index (κ3) is 4.53. The number of carbonyl (C=O) groups is 1. The highest BCUT2D eigenvalue weighted by Gasteiger charge is 2.20. The minimum Gasteiger partial charge on any atom is -0.331 e. The summed E-state index contributed by atoms with van der Waals surface area (Å²) >= 11 is 13.0. The lowest BCUT2D eigenvalue weighted by atomic mass is 10.1. The monoisotopic (exact) mass is 468 g/mol. The van der Waals surface area contributed by atoms with E-state index < -0.39 is 10.8 Å². The van der Waals surface area contributed by atoms with Crippen molar-refractivity contribution in [2.45, 2.75) is 0 Å². The number of thiazole rings is 1. The summed E-state index contributed by atoms with van der Waals surface area (Å²) in [5, 5.41) is 17.6. The van der Waals surface area contributed by atoms with Gasteiger partial charge >= 0.3 is 0 Å². The molecule has 1 heterocycles. The van der Waals surface area contributed by atoms with Gasteiger partial charge in [-0.2, -0.15) is 0 Å². The highest BCUT2D eigenvalue weighted by atomic mass is 35.5. The predicted molar refractivity (Wildman–Crippen MR) is 127 cm³/mol. The number of thiocarbonyl (C=S) groups is 1. The smallest absolute Gasteiger partial charge is 0.282 e. The van der Waals surface area contributed by atoms with Crippen LogP contribution in [0.4, 0.5) is 11.4 Å². The Morgan fingerprint density at radius 2 is 1.84 bits per heavy atom. The fourth-order valence-corrected chi connectivity index (χ4v) is 4.23. The van der Waals surface area contributed by atoms with Crippen LogP contribution in [0, 0.1) is 10.1 Å². The zero-order valence-electron chi connectivity index (χ0n) is 15.7. The first-order valence-electron chi connectivity index (χ1n) is 8.93. The molecule has 2 N–H and O–H groups in total. The number of nitrogens with one attached hydrogen (secondary N) is 2. The first kappa shape index (κ1) is 20.9. The molecule has 0 aliphatic carbocycles. The second-order valence-corrected chi connectivity index (χ2v) is 8.21. The number of nitro groups is 1. The largest absolute Gasteiger partial charge is 0.331 e. The Labute approximate surface area is 190 Å².